The second-order valence-corrected chi connectivity index (χ2v) is 8.84. The van der Waals surface area contributed by atoms with Gasteiger partial charge in [-0.25, -0.2) is 8.78 Å². The van der Waals surface area contributed by atoms with E-state index in [1.807, 2.05) is 12.1 Å². The van der Waals surface area contributed by atoms with Crippen LogP contribution in [-0.4, -0.2) is 6.36 Å². The topological polar surface area (TPSA) is 9.23 Å². The zero-order chi connectivity index (χ0) is 23.1. The number of unbranched alkanes of at least 4 members (excludes halogenated alkanes) is 4. The summed E-state index contributed by atoms with van der Waals surface area (Å²) in [6, 6.07) is 7.83. The number of aryl methyl sites for hydroxylation is 3. The minimum Gasteiger partial charge on any atom is -0.403 e. The molecule has 0 amide bonds. The number of ether oxygens (including phenoxy) is 1. The molecule has 0 saturated carbocycles. The fraction of sp³-hybridized carbons (Fsp3) is 0.538. The van der Waals surface area contributed by atoms with E-state index in [1.165, 1.54) is 25.7 Å². The van der Waals surface area contributed by atoms with Crippen LogP contribution in [0.3, 0.4) is 0 Å². The molecule has 0 heterocycles. The molecule has 176 valence electrons. The molecule has 1 atom stereocenters. The van der Waals surface area contributed by atoms with Crippen molar-refractivity contribution in [2.75, 3.05) is 0 Å². The Morgan fingerprint density at radius 2 is 1.69 bits per heavy atom. The van der Waals surface area contributed by atoms with Crippen molar-refractivity contribution in [3.63, 3.8) is 0 Å². The molecule has 2 aromatic carbocycles. The van der Waals surface area contributed by atoms with E-state index in [0.717, 1.165) is 43.4 Å². The number of hydrogen-bond donors (Lipinski definition) is 0. The average molecular weight is 455 g/mol. The van der Waals surface area contributed by atoms with Crippen LogP contribution >= 0.6 is 0 Å². The van der Waals surface area contributed by atoms with Gasteiger partial charge in [0.1, 0.15) is 5.82 Å². The molecular formula is C26H31F5O. The summed E-state index contributed by atoms with van der Waals surface area (Å²) in [5.41, 5.74) is 3.12. The van der Waals surface area contributed by atoms with Crippen LogP contribution in [0.2, 0.25) is 0 Å². The monoisotopic (exact) mass is 454 g/mol. The maximum Gasteiger partial charge on any atom is 0.573 e. The molecule has 6 heteroatoms. The van der Waals surface area contributed by atoms with Gasteiger partial charge in [0, 0.05) is 0 Å². The summed E-state index contributed by atoms with van der Waals surface area (Å²) in [6.07, 6.45) is 5.18. The minimum atomic E-state index is -4.92. The molecule has 0 aromatic heterocycles. The van der Waals surface area contributed by atoms with Crippen molar-refractivity contribution in [2.45, 2.75) is 83.9 Å². The molecular weight excluding hydrogens is 423 g/mol. The van der Waals surface area contributed by atoms with Gasteiger partial charge in [-0.1, -0.05) is 44.7 Å². The highest BCUT2D eigenvalue weighted by molar-refractivity contribution is 5.39. The number of halogens is 5. The van der Waals surface area contributed by atoms with Crippen LogP contribution in [0, 0.1) is 17.6 Å². The highest BCUT2D eigenvalue weighted by atomic mass is 19.4. The molecule has 3 rings (SSSR count). The summed E-state index contributed by atoms with van der Waals surface area (Å²) in [4.78, 5) is 0. The van der Waals surface area contributed by atoms with Crippen LogP contribution in [0.1, 0.15) is 74.1 Å². The first-order chi connectivity index (χ1) is 15.2. The maximum atomic E-state index is 14.6. The number of rotatable bonds is 10. The first kappa shape index (κ1) is 24.5. The van der Waals surface area contributed by atoms with Crippen molar-refractivity contribution in [3.05, 3.63) is 64.2 Å². The van der Waals surface area contributed by atoms with Gasteiger partial charge in [-0.3, -0.25) is 0 Å². The molecule has 0 spiro atoms. The second-order valence-electron chi connectivity index (χ2n) is 8.84. The van der Waals surface area contributed by atoms with E-state index in [9.17, 15) is 22.0 Å². The Hall–Kier alpha value is -2.11. The third-order valence-corrected chi connectivity index (χ3v) is 6.32. The Balaban J connectivity index is 1.52. The Labute approximate surface area is 187 Å². The predicted molar refractivity (Wildman–Crippen MR) is 116 cm³/mol. The summed E-state index contributed by atoms with van der Waals surface area (Å²) in [5, 5.41) is 0. The largest absolute Gasteiger partial charge is 0.573 e. The van der Waals surface area contributed by atoms with Gasteiger partial charge < -0.3 is 4.74 Å². The van der Waals surface area contributed by atoms with Crippen LogP contribution in [0.25, 0.3) is 0 Å². The quantitative estimate of drug-likeness (QED) is 0.260. The number of fused-ring (bicyclic) bond motifs is 1. The zero-order valence-electron chi connectivity index (χ0n) is 18.5. The lowest BCUT2D eigenvalue weighted by Crippen LogP contribution is -2.20. The van der Waals surface area contributed by atoms with Crippen molar-refractivity contribution in [1.29, 1.82) is 0 Å². The van der Waals surface area contributed by atoms with E-state index in [-0.39, 0.29) is 11.7 Å². The van der Waals surface area contributed by atoms with Crippen molar-refractivity contribution < 1.29 is 26.7 Å². The third-order valence-electron chi connectivity index (χ3n) is 6.32. The van der Waals surface area contributed by atoms with Crippen molar-refractivity contribution in [1.82, 2.24) is 0 Å². The van der Waals surface area contributed by atoms with E-state index in [2.05, 4.69) is 11.7 Å². The van der Waals surface area contributed by atoms with Crippen molar-refractivity contribution in [3.8, 4) is 5.75 Å². The van der Waals surface area contributed by atoms with Gasteiger partial charge in [0.2, 0.25) is 0 Å². The molecule has 0 bridgehead atoms. The molecule has 0 radical (unpaired) electrons. The summed E-state index contributed by atoms with van der Waals surface area (Å²) in [5.74, 6) is -1.71. The average Bonchev–Trinajstić information content (AvgIpc) is 2.72. The second kappa shape index (κ2) is 11.2. The van der Waals surface area contributed by atoms with Gasteiger partial charge in [0.25, 0.3) is 0 Å². The van der Waals surface area contributed by atoms with Gasteiger partial charge in [-0.15, -0.1) is 13.2 Å². The first-order valence-corrected chi connectivity index (χ1v) is 11.6. The molecule has 1 unspecified atom stereocenters. The van der Waals surface area contributed by atoms with Crippen molar-refractivity contribution >= 4 is 0 Å². The van der Waals surface area contributed by atoms with E-state index in [0.29, 0.717) is 36.0 Å². The number of hydrogen-bond acceptors (Lipinski definition) is 1. The summed E-state index contributed by atoms with van der Waals surface area (Å²) >= 11 is 0. The predicted octanol–water partition coefficient (Wildman–Crippen LogP) is 8.11. The van der Waals surface area contributed by atoms with Gasteiger partial charge in [-0.2, -0.15) is 0 Å². The van der Waals surface area contributed by atoms with Gasteiger partial charge >= 0.3 is 6.36 Å². The Kier molecular flexibility index (Phi) is 8.55. The van der Waals surface area contributed by atoms with Gasteiger partial charge in [0.05, 0.1) is 0 Å². The fourth-order valence-corrected chi connectivity index (χ4v) is 4.52. The Morgan fingerprint density at radius 3 is 2.41 bits per heavy atom. The number of alkyl halides is 3. The van der Waals surface area contributed by atoms with Crippen LogP contribution in [0.15, 0.2) is 30.3 Å². The first-order valence-electron chi connectivity index (χ1n) is 11.6. The standard InChI is InChI=1S/C26H31F5O/c1-2-3-4-5-6-7-18-8-11-20(23(27)15-18)12-9-19-10-13-21-17-25(32-26(29,30)31)24(28)16-22(21)14-19/h8,11,15-17,19H,2-7,9-10,12-14H2,1H3. The Morgan fingerprint density at radius 1 is 0.906 bits per heavy atom. The normalized spacial score (nSPS) is 16.1. The highest BCUT2D eigenvalue weighted by Gasteiger charge is 2.33. The molecule has 2 aromatic rings. The van der Waals surface area contributed by atoms with Crippen LogP contribution in [0.5, 0.6) is 5.75 Å². The fourth-order valence-electron chi connectivity index (χ4n) is 4.52. The van der Waals surface area contributed by atoms with E-state index < -0.39 is 17.9 Å². The van der Waals surface area contributed by atoms with Crippen LogP contribution < -0.4 is 4.74 Å². The molecule has 0 aliphatic heterocycles. The van der Waals surface area contributed by atoms with E-state index >= 15 is 0 Å². The van der Waals surface area contributed by atoms with E-state index in [4.69, 9.17) is 0 Å². The maximum absolute atomic E-state index is 14.6. The molecule has 32 heavy (non-hydrogen) atoms. The van der Waals surface area contributed by atoms with E-state index in [1.54, 1.807) is 6.07 Å². The molecule has 0 fully saturated rings. The lowest BCUT2D eigenvalue weighted by Gasteiger charge is -2.25. The summed E-state index contributed by atoms with van der Waals surface area (Å²) in [7, 11) is 0. The Bertz CT molecular complexity index is 891. The summed E-state index contributed by atoms with van der Waals surface area (Å²) < 4.78 is 69.6. The molecule has 1 aliphatic rings. The summed E-state index contributed by atoms with van der Waals surface area (Å²) in [6.45, 7) is 2.18. The molecule has 1 aliphatic carbocycles. The van der Waals surface area contributed by atoms with Crippen molar-refractivity contribution in [2.24, 2.45) is 5.92 Å². The third kappa shape index (κ3) is 7.21. The minimum absolute atomic E-state index is 0.174. The highest BCUT2D eigenvalue weighted by Crippen LogP contribution is 2.34. The van der Waals surface area contributed by atoms with Gasteiger partial charge in [0.15, 0.2) is 11.6 Å². The lowest BCUT2D eigenvalue weighted by atomic mass is 9.81. The molecule has 0 saturated heterocycles. The van der Waals surface area contributed by atoms with Crippen LogP contribution in [0.4, 0.5) is 22.0 Å². The molecule has 1 nitrogen and oxygen atoms in total. The lowest BCUT2D eigenvalue weighted by molar-refractivity contribution is -0.275. The smallest absolute Gasteiger partial charge is 0.403 e. The van der Waals surface area contributed by atoms with Gasteiger partial charge in [-0.05, 0) is 91.3 Å². The number of benzene rings is 2. The SMILES string of the molecule is CCCCCCCc1ccc(CCC2CCc3cc(OC(F)(F)F)c(F)cc3C2)c(F)c1. The molecule has 0 N–H and O–H groups in total. The van der Waals surface area contributed by atoms with Crippen LogP contribution in [-0.2, 0) is 25.7 Å². The zero-order valence-corrected chi connectivity index (χ0v) is 18.5.